The van der Waals surface area contributed by atoms with Gasteiger partial charge in [0.05, 0.1) is 30.7 Å². The van der Waals surface area contributed by atoms with Gasteiger partial charge in [0.2, 0.25) is 0 Å². The van der Waals surface area contributed by atoms with Gasteiger partial charge in [0.1, 0.15) is 0 Å². The third-order valence-electron chi connectivity index (χ3n) is 4.79. The van der Waals surface area contributed by atoms with Crippen LogP contribution >= 0.6 is 0 Å². The van der Waals surface area contributed by atoms with Gasteiger partial charge < -0.3 is 14.7 Å². The van der Waals surface area contributed by atoms with Gasteiger partial charge >= 0.3 is 0 Å². The molecular weight excluding hydrogens is 266 g/mol. The molecule has 0 bridgehead atoms. The number of hydrogen-bond acceptors (Lipinski definition) is 5. The van der Waals surface area contributed by atoms with Gasteiger partial charge in [-0.15, -0.1) is 0 Å². The first-order chi connectivity index (χ1) is 9.96. The van der Waals surface area contributed by atoms with E-state index >= 15 is 0 Å². The van der Waals surface area contributed by atoms with E-state index in [1.165, 1.54) is 0 Å². The first-order valence-corrected chi connectivity index (χ1v) is 7.69. The van der Waals surface area contributed by atoms with E-state index in [0.717, 1.165) is 44.2 Å². The molecule has 2 aliphatic rings. The molecule has 2 aliphatic heterocycles. The van der Waals surface area contributed by atoms with Crippen molar-refractivity contribution < 1.29 is 9.84 Å². The van der Waals surface area contributed by atoms with Crippen LogP contribution in [0.3, 0.4) is 0 Å². The van der Waals surface area contributed by atoms with Gasteiger partial charge in [-0.2, -0.15) is 0 Å². The van der Waals surface area contributed by atoms with E-state index in [1.807, 2.05) is 13.1 Å². The number of nitrogens with zero attached hydrogens (tertiary/aromatic N) is 3. The van der Waals surface area contributed by atoms with Crippen LogP contribution in [0.5, 0.6) is 0 Å². The van der Waals surface area contributed by atoms with Crippen LogP contribution in [-0.2, 0) is 4.74 Å². The molecule has 1 aromatic rings. The van der Waals surface area contributed by atoms with Crippen molar-refractivity contribution in [2.24, 2.45) is 0 Å². The number of aryl methyl sites for hydroxylation is 1. The minimum atomic E-state index is -0.176. The summed E-state index contributed by atoms with van der Waals surface area (Å²) in [6.07, 6.45) is 1.91. The summed E-state index contributed by atoms with van der Waals surface area (Å²) < 4.78 is 6.02. The number of likely N-dealkylation sites (tertiary alicyclic amines) is 1. The highest BCUT2D eigenvalue weighted by Crippen LogP contribution is 2.30. The van der Waals surface area contributed by atoms with Crippen LogP contribution in [0, 0.1) is 6.92 Å². The summed E-state index contributed by atoms with van der Waals surface area (Å²) in [7, 11) is 0. The fourth-order valence-corrected chi connectivity index (χ4v) is 3.09. The quantitative estimate of drug-likeness (QED) is 0.902. The number of aromatic nitrogens is 1. The fourth-order valence-electron chi connectivity index (χ4n) is 3.09. The lowest BCUT2D eigenvalue weighted by molar-refractivity contribution is -0.121. The minimum absolute atomic E-state index is 0.0595. The van der Waals surface area contributed by atoms with Crippen LogP contribution in [0.1, 0.15) is 19.5 Å². The SMILES string of the molecule is Cc1ccc(N2CCOC(C(C)(C)N3CC(O)C3)C2)cn1. The number of rotatable bonds is 3. The molecule has 2 saturated heterocycles. The second-order valence-electron chi connectivity index (χ2n) is 6.68. The van der Waals surface area contributed by atoms with E-state index < -0.39 is 0 Å². The number of pyridine rings is 1. The molecule has 1 unspecified atom stereocenters. The summed E-state index contributed by atoms with van der Waals surface area (Å²) in [5, 5.41) is 9.53. The summed E-state index contributed by atoms with van der Waals surface area (Å²) in [5.41, 5.74) is 2.14. The summed E-state index contributed by atoms with van der Waals surface area (Å²) in [6.45, 7) is 10.4. The number of anilines is 1. The predicted molar refractivity (Wildman–Crippen MR) is 82.6 cm³/mol. The lowest BCUT2D eigenvalue weighted by atomic mass is 9.89. The topological polar surface area (TPSA) is 48.8 Å². The molecule has 3 rings (SSSR count). The number of β-amino-alcohol motifs (C(OH)–C–C–N with tert-alkyl or cyclic N) is 1. The van der Waals surface area contributed by atoms with Crippen LogP contribution < -0.4 is 4.90 Å². The van der Waals surface area contributed by atoms with E-state index in [4.69, 9.17) is 4.74 Å². The zero-order valence-electron chi connectivity index (χ0n) is 13.1. The smallest absolute Gasteiger partial charge is 0.0928 e. The molecule has 2 fully saturated rings. The van der Waals surface area contributed by atoms with Crippen molar-refractivity contribution in [2.45, 2.75) is 38.5 Å². The molecule has 5 heteroatoms. The molecule has 0 aromatic carbocycles. The van der Waals surface area contributed by atoms with Crippen molar-refractivity contribution in [1.82, 2.24) is 9.88 Å². The zero-order valence-corrected chi connectivity index (χ0v) is 13.1. The average Bonchev–Trinajstić information content (AvgIpc) is 2.45. The van der Waals surface area contributed by atoms with E-state index in [-0.39, 0.29) is 17.7 Å². The van der Waals surface area contributed by atoms with Crippen molar-refractivity contribution in [2.75, 3.05) is 37.7 Å². The summed E-state index contributed by atoms with van der Waals surface area (Å²) >= 11 is 0. The molecule has 1 aromatic heterocycles. The fraction of sp³-hybridized carbons (Fsp3) is 0.688. The Balaban J connectivity index is 1.69. The number of morpholine rings is 1. The van der Waals surface area contributed by atoms with Gasteiger partial charge in [-0.1, -0.05) is 0 Å². The second kappa shape index (κ2) is 5.55. The average molecular weight is 291 g/mol. The normalized spacial score (nSPS) is 25.0. The predicted octanol–water partition coefficient (Wildman–Crippen LogP) is 1.05. The van der Waals surface area contributed by atoms with Crippen LogP contribution in [-0.4, -0.2) is 65.5 Å². The maximum atomic E-state index is 9.53. The highest BCUT2D eigenvalue weighted by atomic mass is 16.5. The van der Waals surface area contributed by atoms with Crippen molar-refractivity contribution in [3.63, 3.8) is 0 Å². The Labute approximate surface area is 126 Å². The van der Waals surface area contributed by atoms with Gasteiger partial charge in [0.25, 0.3) is 0 Å². The lowest BCUT2D eigenvalue weighted by Gasteiger charge is -2.52. The van der Waals surface area contributed by atoms with Gasteiger partial charge in [0.15, 0.2) is 0 Å². The summed E-state index contributed by atoms with van der Waals surface area (Å²) in [4.78, 5) is 9.04. The second-order valence-corrected chi connectivity index (χ2v) is 6.68. The Morgan fingerprint density at radius 1 is 1.29 bits per heavy atom. The van der Waals surface area contributed by atoms with Crippen LogP contribution in [0.15, 0.2) is 18.3 Å². The Hall–Kier alpha value is -1.17. The van der Waals surface area contributed by atoms with Crippen LogP contribution in [0.2, 0.25) is 0 Å². The highest BCUT2D eigenvalue weighted by Gasteiger charge is 2.43. The number of hydrogen-bond donors (Lipinski definition) is 1. The Kier molecular flexibility index (Phi) is 3.90. The third-order valence-corrected chi connectivity index (χ3v) is 4.79. The monoisotopic (exact) mass is 291 g/mol. The molecule has 0 radical (unpaired) electrons. The first-order valence-electron chi connectivity index (χ1n) is 7.69. The molecule has 5 nitrogen and oxygen atoms in total. The molecule has 1 N–H and O–H groups in total. The summed E-state index contributed by atoms with van der Waals surface area (Å²) in [5.74, 6) is 0. The molecule has 0 amide bonds. The Morgan fingerprint density at radius 2 is 2.05 bits per heavy atom. The molecule has 0 saturated carbocycles. The Morgan fingerprint density at radius 3 is 2.67 bits per heavy atom. The minimum Gasteiger partial charge on any atom is -0.390 e. The van der Waals surface area contributed by atoms with E-state index in [9.17, 15) is 5.11 Å². The van der Waals surface area contributed by atoms with Gasteiger partial charge in [-0.25, -0.2) is 0 Å². The number of ether oxygens (including phenoxy) is 1. The number of aliphatic hydroxyl groups is 1. The number of aliphatic hydroxyl groups excluding tert-OH is 1. The lowest BCUT2D eigenvalue weighted by Crippen LogP contribution is -2.67. The molecule has 0 spiro atoms. The zero-order chi connectivity index (χ0) is 15.0. The van der Waals surface area contributed by atoms with E-state index in [0.29, 0.717) is 0 Å². The molecular formula is C16H25N3O2. The van der Waals surface area contributed by atoms with E-state index in [2.05, 4.69) is 40.8 Å². The maximum Gasteiger partial charge on any atom is 0.0928 e. The van der Waals surface area contributed by atoms with Crippen LogP contribution in [0.25, 0.3) is 0 Å². The molecule has 3 heterocycles. The van der Waals surface area contributed by atoms with Gasteiger partial charge in [-0.3, -0.25) is 9.88 Å². The van der Waals surface area contributed by atoms with Gasteiger partial charge in [-0.05, 0) is 32.9 Å². The summed E-state index contributed by atoms with van der Waals surface area (Å²) in [6, 6.07) is 4.18. The van der Waals surface area contributed by atoms with Crippen molar-refractivity contribution in [3.05, 3.63) is 24.0 Å². The van der Waals surface area contributed by atoms with Crippen molar-refractivity contribution in [3.8, 4) is 0 Å². The highest BCUT2D eigenvalue weighted by molar-refractivity contribution is 5.45. The van der Waals surface area contributed by atoms with E-state index in [1.54, 1.807) is 0 Å². The van der Waals surface area contributed by atoms with Gasteiger partial charge in [0, 0.05) is 37.4 Å². The first kappa shape index (κ1) is 14.8. The molecule has 21 heavy (non-hydrogen) atoms. The molecule has 116 valence electrons. The molecule has 0 aliphatic carbocycles. The van der Waals surface area contributed by atoms with Crippen molar-refractivity contribution >= 4 is 5.69 Å². The third kappa shape index (κ3) is 2.91. The molecule has 1 atom stereocenters. The van der Waals surface area contributed by atoms with Crippen molar-refractivity contribution in [1.29, 1.82) is 0 Å². The Bertz CT molecular complexity index is 483. The van der Waals surface area contributed by atoms with Crippen LogP contribution in [0.4, 0.5) is 5.69 Å². The maximum absolute atomic E-state index is 9.53. The standard InChI is InChI=1S/C16H25N3O2/c1-12-4-5-13(8-17-12)18-6-7-21-15(11-18)16(2,3)19-9-14(20)10-19/h4-5,8,14-15,20H,6-7,9-11H2,1-3H3. The largest absolute Gasteiger partial charge is 0.390 e.